The van der Waals surface area contributed by atoms with E-state index in [4.69, 9.17) is 4.74 Å². The molecule has 0 bridgehead atoms. The number of phenolic OH excluding ortho intramolecular Hbond substituents is 1. The van der Waals surface area contributed by atoms with Crippen LogP contribution in [0.4, 0.5) is 10.1 Å². The van der Waals surface area contributed by atoms with E-state index in [2.05, 4.69) is 5.32 Å². The summed E-state index contributed by atoms with van der Waals surface area (Å²) in [6.07, 6.45) is 1.90. The number of anilines is 1. The lowest BCUT2D eigenvalue weighted by Gasteiger charge is -2.23. The standard InChI is InChI=1S/C14H18FN3O5S/c15-11-4-9(6-16-10-2-1-3-23-8-10)5-12(19)14(11)18-7-13(20)17-24(18,21)22/h4-5,10,16,19H,1-3,6-8H2,(H,17,20)/t10-/m0/s1. The van der Waals surface area contributed by atoms with Crippen molar-refractivity contribution in [2.75, 3.05) is 24.1 Å². The predicted octanol–water partition coefficient (Wildman–Crippen LogP) is -0.0191. The molecule has 1 aromatic carbocycles. The van der Waals surface area contributed by atoms with Crippen LogP contribution in [0.1, 0.15) is 18.4 Å². The Morgan fingerprint density at radius 1 is 1.46 bits per heavy atom. The molecule has 0 radical (unpaired) electrons. The molecule has 2 heterocycles. The molecule has 1 aromatic rings. The van der Waals surface area contributed by atoms with E-state index in [9.17, 15) is 22.7 Å². The molecule has 0 aliphatic carbocycles. The van der Waals surface area contributed by atoms with Crippen molar-refractivity contribution in [3.05, 3.63) is 23.5 Å². The summed E-state index contributed by atoms with van der Waals surface area (Å²) >= 11 is 0. The second kappa shape index (κ2) is 6.54. The van der Waals surface area contributed by atoms with E-state index in [1.54, 1.807) is 4.72 Å². The monoisotopic (exact) mass is 359 g/mol. The van der Waals surface area contributed by atoms with Crippen molar-refractivity contribution in [3.63, 3.8) is 0 Å². The lowest BCUT2D eigenvalue weighted by molar-refractivity contribution is -0.117. The number of aromatic hydroxyl groups is 1. The van der Waals surface area contributed by atoms with Crippen LogP contribution in [0.2, 0.25) is 0 Å². The van der Waals surface area contributed by atoms with Gasteiger partial charge in [0.15, 0.2) is 5.82 Å². The largest absolute Gasteiger partial charge is 0.506 e. The summed E-state index contributed by atoms with van der Waals surface area (Å²) in [6, 6.07) is 2.58. The Kier molecular flexibility index (Phi) is 4.61. The van der Waals surface area contributed by atoms with Gasteiger partial charge in [-0.1, -0.05) is 0 Å². The highest BCUT2D eigenvalue weighted by Crippen LogP contribution is 2.34. The number of halogens is 1. The van der Waals surface area contributed by atoms with Gasteiger partial charge in [-0.15, -0.1) is 0 Å². The number of carbonyl (C=O) groups excluding carboxylic acids is 1. The van der Waals surface area contributed by atoms with Gasteiger partial charge in [-0.05, 0) is 30.5 Å². The Balaban J connectivity index is 1.77. The molecule has 1 amide bonds. The van der Waals surface area contributed by atoms with Gasteiger partial charge in [0.05, 0.1) is 6.61 Å². The molecule has 1 atom stereocenters. The first-order valence-corrected chi connectivity index (χ1v) is 8.96. The van der Waals surface area contributed by atoms with E-state index < -0.39 is 39.9 Å². The lowest BCUT2D eigenvalue weighted by Crippen LogP contribution is -2.36. The van der Waals surface area contributed by atoms with Crippen LogP contribution < -0.4 is 14.3 Å². The molecule has 24 heavy (non-hydrogen) atoms. The van der Waals surface area contributed by atoms with Crippen molar-refractivity contribution in [2.45, 2.75) is 25.4 Å². The number of benzene rings is 1. The van der Waals surface area contributed by atoms with E-state index in [0.29, 0.717) is 23.0 Å². The molecule has 3 N–H and O–H groups in total. The summed E-state index contributed by atoms with van der Waals surface area (Å²) in [4.78, 5) is 11.3. The molecule has 2 aliphatic heterocycles. The third kappa shape index (κ3) is 3.45. The average molecular weight is 359 g/mol. The summed E-state index contributed by atoms with van der Waals surface area (Å²) in [6.45, 7) is 1.05. The molecular weight excluding hydrogens is 341 g/mol. The molecule has 2 fully saturated rings. The normalized spacial score (nSPS) is 23.3. The predicted molar refractivity (Wildman–Crippen MR) is 83.2 cm³/mol. The maximum atomic E-state index is 14.3. The second-order valence-electron chi connectivity index (χ2n) is 5.78. The fraction of sp³-hybridized carbons (Fsp3) is 0.500. The molecule has 2 aliphatic rings. The van der Waals surface area contributed by atoms with E-state index in [1.807, 2.05) is 0 Å². The maximum absolute atomic E-state index is 14.3. The van der Waals surface area contributed by atoms with Crippen LogP contribution in [0.15, 0.2) is 12.1 Å². The third-order valence-electron chi connectivity index (χ3n) is 3.93. The SMILES string of the molecule is O=C1CN(c2c(O)cc(CN[C@H]3CCCOC3)cc2F)S(=O)(=O)N1. The Bertz CT molecular complexity index is 726. The molecule has 132 valence electrons. The molecule has 0 saturated carbocycles. The number of hydrogen-bond donors (Lipinski definition) is 3. The highest BCUT2D eigenvalue weighted by atomic mass is 32.2. The van der Waals surface area contributed by atoms with Gasteiger partial charge in [0, 0.05) is 19.2 Å². The van der Waals surface area contributed by atoms with Crippen LogP contribution in [0.25, 0.3) is 0 Å². The number of hydrogen-bond acceptors (Lipinski definition) is 6. The molecule has 10 heteroatoms. The average Bonchev–Trinajstić information content (AvgIpc) is 2.78. The molecule has 3 rings (SSSR count). The van der Waals surface area contributed by atoms with E-state index >= 15 is 0 Å². The van der Waals surface area contributed by atoms with Crippen LogP contribution >= 0.6 is 0 Å². The van der Waals surface area contributed by atoms with E-state index in [1.165, 1.54) is 6.07 Å². The lowest BCUT2D eigenvalue weighted by atomic mass is 10.1. The number of rotatable bonds is 4. The Morgan fingerprint density at radius 3 is 2.83 bits per heavy atom. The minimum atomic E-state index is -4.17. The zero-order valence-electron chi connectivity index (χ0n) is 12.8. The third-order valence-corrected chi connectivity index (χ3v) is 5.31. The van der Waals surface area contributed by atoms with Crippen molar-refractivity contribution >= 4 is 21.8 Å². The van der Waals surface area contributed by atoms with Crippen molar-refractivity contribution < 1.29 is 27.4 Å². The zero-order valence-corrected chi connectivity index (χ0v) is 13.6. The number of amides is 1. The summed E-state index contributed by atoms with van der Waals surface area (Å²) in [5.41, 5.74) is -0.0618. The van der Waals surface area contributed by atoms with Crippen molar-refractivity contribution in [2.24, 2.45) is 0 Å². The topological polar surface area (TPSA) is 108 Å². The van der Waals surface area contributed by atoms with Gasteiger partial charge in [-0.2, -0.15) is 8.42 Å². The number of carbonyl (C=O) groups is 1. The van der Waals surface area contributed by atoms with Crippen LogP contribution in [-0.2, 0) is 26.3 Å². The summed E-state index contributed by atoms with van der Waals surface area (Å²) in [5, 5.41) is 13.3. The smallest absolute Gasteiger partial charge is 0.326 e. The highest BCUT2D eigenvalue weighted by Gasteiger charge is 2.37. The van der Waals surface area contributed by atoms with Gasteiger partial charge < -0.3 is 15.2 Å². The molecular formula is C14H18FN3O5S. The summed E-state index contributed by atoms with van der Waals surface area (Å²) < 4.78 is 45.5. The van der Waals surface area contributed by atoms with Crippen LogP contribution in [0.3, 0.4) is 0 Å². The van der Waals surface area contributed by atoms with Gasteiger partial charge in [-0.3, -0.25) is 4.79 Å². The Labute approximate surface area is 138 Å². The number of nitrogens with zero attached hydrogens (tertiary/aromatic N) is 1. The summed E-state index contributed by atoms with van der Waals surface area (Å²) in [5.74, 6) is -2.23. The van der Waals surface area contributed by atoms with Gasteiger partial charge in [0.2, 0.25) is 0 Å². The molecule has 8 nitrogen and oxygen atoms in total. The van der Waals surface area contributed by atoms with Crippen molar-refractivity contribution in [1.82, 2.24) is 10.0 Å². The maximum Gasteiger partial charge on any atom is 0.326 e. The van der Waals surface area contributed by atoms with Gasteiger partial charge >= 0.3 is 10.2 Å². The van der Waals surface area contributed by atoms with Crippen LogP contribution in [-0.4, -0.2) is 45.2 Å². The van der Waals surface area contributed by atoms with Gasteiger partial charge in [0.1, 0.15) is 18.0 Å². The molecule has 0 unspecified atom stereocenters. The Morgan fingerprint density at radius 2 is 2.25 bits per heavy atom. The first-order valence-electron chi connectivity index (χ1n) is 7.52. The van der Waals surface area contributed by atoms with Crippen LogP contribution in [0.5, 0.6) is 5.75 Å². The second-order valence-corrected chi connectivity index (χ2v) is 7.37. The minimum Gasteiger partial charge on any atom is -0.506 e. The van der Waals surface area contributed by atoms with E-state index in [-0.39, 0.29) is 6.04 Å². The summed E-state index contributed by atoms with van der Waals surface area (Å²) in [7, 11) is -4.17. The molecule has 0 aromatic heterocycles. The Hall–Kier alpha value is -1.91. The van der Waals surface area contributed by atoms with Crippen LogP contribution in [0, 0.1) is 5.82 Å². The fourth-order valence-electron chi connectivity index (χ4n) is 2.80. The quantitative estimate of drug-likeness (QED) is 0.697. The van der Waals surface area contributed by atoms with E-state index in [0.717, 1.165) is 25.5 Å². The number of nitrogens with one attached hydrogen (secondary N) is 2. The number of ether oxygens (including phenoxy) is 1. The van der Waals surface area contributed by atoms with Gasteiger partial charge in [0.25, 0.3) is 5.91 Å². The van der Waals surface area contributed by atoms with Gasteiger partial charge in [-0.25, -0.2) is 13.4 Å². The first-order chi connectivity index (χ1) is 11.4. The van der Waals surface area contributed by atoms with Crippen molar-refractivity contribution in [3.8, 4) is 5.75 Å². The zero-order chi connectivity index (χ0) is 17.3. The molecule has 0 spiro atoms. The first kappa shape index (κ1) is 16.9. The minimum absolute atomic E-state index is 0.157. The van der Waals surface area contributed by atoms with Crippen molar-refractivity contribution in [1.29, 1.82) is 0 Å². The molecule has 2 saturated heterocycles. The highest BCUT2D eigenvalue weighted by molar-refractivity contribution is 7.92. The fourth-order valence-corrected chi connectivity index (χ4v) is 3.97. The number of phenols is 1.